The molecule has 0 aliphatic rings. The number of benzene rings is 1. The second-order valence-corrected chi connectivity index (χ2v) is 5.51. The molecule has 0 saturated carbocycles. The van der Waals surface area contributed by atoms with Crippen LogP contribution in [0.15, 0.2) is 30.6 Å². The Hall–Kier alpha value is -1.75. The molecule has 114 valence electrons. The third-order valence-corrected chi connectivity index (χ3v) is 3.43. The molecule has 1 aromatic heterocycles. The zero-order valence-corrected chi connectivity index (χ0v) is 12.9. The van der Waals surface area contributed by atoms with Crippen LogP contribution in [0.2, 0.25) is 0 Å². The van der Waals surface area contributed by atoms with Crippen molar-refractivity contribution in [2.45, 2.75) is 45.7 Å². The van der Waals surface area contributed by atoms with Crippen LogP contribution in [0.25, 0.3) is 0 Å². The van der Waals surface area contributed by atoms with Crippen molar-refractivity contribution in [3.8, 4) is 0 Å². The molecule has 0 aliphatic carbocycles. The Balaban J connectivity index is 2.10. The van der Waals surface area contributed by atoms with Crippen LogP contribution < -0.4 is 5.32 Å². The van der Waals surface area contributed by atoms with E-state index in [1.54, 1.807) is 18.5 Å². The van der Waals surface area contributed by atoms with Crippen LogP contribution in [0.5, 0.6) is 0 Å². The number of aromatic nitrogens is 3. The van der Waals surface area contributed by atoms with Gasteiger partial charge < -0.3 is 5.32 Å². The van der Waals surface area contributed by atoms with Gasteiger partial charge in [0.15, 0.2) is 0 Å². The van der Waals surface area contributed by atoms with E-state index in [1.807, 2.05) is 10.7 Å². The smallest absolute Gasteiger partial charge is 0.138 e. The average Bonchev–Trinajstić information content (AvgIpc) is 2.87. The van der Waals surface area contributed by atoms with Gasteiger partial charge in [-0.2, -0.15) is 5.10 Å². The Morgan fingerprint density at radius 1 is 1.29 bits per heavy atom. The van der Waals surface area contributed by atoms with E-state index in [4.69, 9.17) is 0 Å². The molecule has 1 unspecified atom stereocenters. The predicted octanol–water partition coefficient (Wildman–Crippen LogP) is 2.76. The number of hydrogen-bond donors (Lipinski definition) is 1. The molecule has 0 radical (unpaired) electrons. The lowest BCUT2D eigenvalue weighted by atomic mass is 10.0. The molecule has 2 aromatic rings. The van der Waals surface area contributed by atoms with Gasteiger partial charge in [-0.25, -0.2) is 14.1 Å². The van der Waals surface area contributed by atoms with Crippen LogP contribution in [-0.4, -0.2) is 27.4 Å². The molecular weight excluding hydrogens is 267 g/mol. The molecule has 2 rings (SSSR count). The van der Waals surface area contributed by atoms with Crippen LogP contribution in [0.4, 0.5) is 4.39 Å². The Labute approximate surface area is 125 Å². The first kappa shape index (κ1) is 15.6. The summed E-state index contributed by atoms with van der Waals surface area (Å²) in [6.07, 6.45) is 3.15. The molecule has 1 heterocycles. The summed E-state index contributed by atoms with van der Waals surface area (Å²) >= 11 is 0. The minimum absolute atomic E-state index is 0.187. The van der Waals surface area contributed by atoms with Crippen molar-refractivity contribution in [2.24, 2.45) is 0 Å². The molecule has 1 N–H and O–H groups in total. The molecule has 0 bridgehead atoms. The third-order valence-electron chi connectivity index (χ3n) is 3.43. The topological polar surface area (TPSA) is 42.7 Å². The lowest BCUT2D eigenvalue weighted by molar-refractivity contribution is 0.458. The number of nitrogens with one attached hydrogen (secondary N) is 1. The summed E-state index contributed by atoms with van der Waals surface area (Å²) in [5.41, 5.74) is 0.997. The maximum Gasteiger partial charge on any atom is 0.138 e. The van der Waals surface area contributed by atoms with Crippen molar-refractivity contribution in [2.75, 3.05) is 6.54 Å². The van der Waals surface area contributed by atoms with E-state index >= 15 is 0 Å². The first-order valence-corrected chi connectivity index (χ1v) is 7.46. The maximum absolute atomic E-state index is 13.3. The molecule has 4 nitrogen and oxygen atoms in total. The van der Waals surface area contributed by atoms with E-state index in [0.717, 1.165) is 30.8 Å². The summed E-state index contributed by atoms with van der Waals surface area (Å²) < 4.78 is 15.2. The Morgan fingerprint density at radius 2 is 2.10 bits per heavy atom. The summed E-state index contributed by atoms with van der Waals surface area (Å²) in [7, 11) is 0. The number of rotatable bonds is 7. The van der Waals surface area contributed by atoms with Gasteiger partial charge >= 0.3 is 0 Å². The summed E-state index contributed by atoms with van der Waals surface area (Å²) in [5, 5.41) is 7.72. The van der Waals surface area contributed by atoms with Gasteiger partial charge in [0.05, 0.1) is 0 Å². The zero-order valence-electron chi connectivity index (χ0n) is 12.9. The first-order chi connectivity index (χ1) is 10.1. The van der Waals surface area contributed by atoms with Crippen LogP contribution in [0.3, 0.4) is 0 Å². The molecule has 1 atom stereocenters. The van der Waals surface area contributed by atoms with Gasteiger partial charge in [0, 0.05) is 18.5 Å². The molecule has 21 heavy (non-hydrogen) atoms. The first-order valence-electron chi connectivity index (χ1n) is 7.46. The lowest BCUT2D eigenvalue weighted by Crippen LogP contribution is -2.34. The van der Waals surface area contributed by atoms with Gasteiger partial charge in [0.1, 0.15) is 18.0 Å². The monoisotopic (exact) mass is 290 g/mol. The molecule has 1 aromatic carbocycles. The Kier molecular flexibility index (Phi) is 5.44. The highest BCUT2D eigenvalue weighted by Gasteiger charge is 2.15. The number of nitrogens with zero attached hydrogens (tertiary/aromatic N) is 3. The standard InChI is InChI=1S/C16H23FN4/c1-4-18-15(9-13-6-5-7-14(17)8-13)10-16-19-11-20-21(16)12(2)3/h5-8,11-12,15,18H,4,9-10H2,1-3H3. The second-order valence-electron chi connectivity index (χ2n) is 5.51. The van der Waals surface area contributed by atoms with Crippen molar-refractivity contribution in [3.63, 3.8) is 0 Å². The van der Waals surface area contributed by atoms with E-state index in [9.17, 15) is 4.39 Å². The summed E-state index contributed by atoms with van der Waals surface area (Å²) in [6.45, 7) is 7.13. The highest BCUT2D eigenvalue weighted by molar-refractivity contribution is 5.17. The van der Waals surface area contributed by atoms with Gasteiger partial charge in [-0.1, -0.05) is 19.1 Å². The minimum atomic E-state index is -0.187. The lowest BCUT2D eigenvalue weighted by Gasteiger charge is -2.19. The van der Waals surface area contributed by atoms with E-state index in [0.29, 0.717) is 6.04 Å². The molecule has 0 saturated heterocycles. The third kappa shape index (κ3) is 4.36. The molecule has 0 fully saturated rings. The van der Waals surface area contributed by atoms with Gasteiger partial charge in [0.2, 0.25) is 0 Å². The fraction of sp³-hybridized carbons (Fsp3) is 0.500. The quantitative estimate of drug-likeness (QED) is 0.852. The van der Waals surface area contributed by atoms with Crippen molar-refractivity contribution in [1.82, 2.24) is 20.1 Å². The van der Waals surface area contributed by atoms with Gasteiger partial charge in [-0.05, 0) is 44.5 Å². The zero-order chi connectivity index (χ0) is 15.2. The van der Waals surface area contributed by atoms with E-state index in [1.165, 1.54) is 6.07 Å². The van der Waals surface area contributed by atoms with Crippen molar-refractivity contribution < 1.29 is 4.39 Å². The van der Waals surface area contributed by atoms with Gasteiger partial charge in [0.25, 0.3) is 0 Å². The molecule has 0 spiro atoms. The largest absolute Gasteiger partial charge is 0.313 e. The predicted molar refractivity (Wildman–Crippen MR) is 81.7 cm³/mol. The summed E-state index contributed by atoms with van der Waals surface area (Å²) in [6, 6.07) is 7.29. The van der Waals surface area contributed by atoms with Crippen LogP contribution in [0, 0.1) is 5.82 Å². The van der Waals surface area contributed by atoms with Crippen molar-refractivity contribution >= 4 is 0 Å². The fourth-order valence-corrected chi connectivity index (χ4v) is 2.53. The molecule has 0 aliphatic heterocycles. The van der Waals surface area contributed by atoms with Crippen LogP contribution in [0.1, 0.15) is 38.2 Å². The van der Waals surface area contributed by atoms with Crippen LogP contribution in [-0.2, 0) is 12.8 Å². The van der Waals surface area contributed by atoms with Crippen molar-refractivity contribution in [1.29, 1.82) is 0 Å². The normalized spacial score (nSPS) is 12.8. The molecule has 0 amide bonds. The Bertz CT molecular complexity index is 565. The number of hydrogen-bond acceptors (Lipinski definition) is 3. The van der Waals surface area contributed by atoms with Crippen molar-refractivity contribution in [3.05, 3.63) is 47.8 Å². The van der Waals surface area contributed by atoms with Gasteiger partial charge in [-0.3, -0.25) is 0 Å². The van der Waals surface area contributed by atoms with E-state index in [-0.39, 0.29) is 11.9 Å². The number of likely N-dealkylation sites (N-methyl/N-ethyl adjacent to an activating group) is 1. The number of halogens is 1. The van der Waals surface area contributed by atoms with Crippen LogP contribution >= 0.6 is 0 Å². The summed E-state index contributed by atoms with van der Waals surface area (Å²) in [4.78, 5) is 4.36. The molecular formula is C16H23FN4. The highest BCUT2D eigenvalue weighted by atomic mass is 19.1. The van der Waals surface area contributed by atoms with E-state index in [2.05, 4.69) is 36.2 Å². The van der Waals surface area contributed by atoms with E-state index < -0.39 is 0 Å². The second kappa shape index (κ2) is 7.31. The molecule has 5 heteroatoms. The highest BCUT2D eigenvalue weighted by Crippen LogP contribution is 2.12. The minimum Gasteiger partial charge on any atom is -0.313 e. The average molecular weight is 290 g/mol. The summed E-state index contributed by atoms with van der Waals surface area (Å²) in [5.74, 6) is 0.778. The SMILES string of the molecule is CCNC(Cc1cccc(F)c1)Cc1ncnn1C(C)C. The fourth-order valence-electron chi connectivity index (χ4n) is 2.53. The van der Waals surface area contributed by atoms with Gasteiger partial charge in [-0.15, -0.1) is 0 Å². The Morgan fingerprint density at radius 3 is 2.76 bits per heavy atom. The maximum atomic E-state index is 13.3.